The van der Waals surface area contributed by atoms with E-state index in [1.807, 2.05) is 31.1 Å². The highest BCUT2D eigenvalue weighted by atomic mass is 16.2. The molecule has 0 aliphatic rings. The van der Waals surface area contributed by atoms with Gasteiger partial charge in [-0.1, -0.05) is 18.2 Å². The molecule has 8 heteroatoms. The second-order valence-electron chi connectivity index (χ2n) is 6.45. The van der Waals surface area contributed by atoms with Gasteiger partial charge in [0.2, 0.25) is 11.3 Å². The Balaban J connectivity index is 1.58. The first-order valence-corrected chi connectivity index (χ1v) is 8.77. The van der Waals surface area contributed by atoms with E-state index in [0.29, 0.717) is 16.5 Å². The molecule has 3 aromatic rings. The number of hydrogen-bond donors (Lipinski definition) is 2. The van der Waals surface area contributed by atoms with Crippen molar-refractivity contribution in [1.82, 2.24) is 20.6 Å². The van der Waals surface area contributed by atoms with Crippen molar-refractivity contribution in [3.8, 4) is 0 Å². The number of nitrogens with zero attached hydrogens (tertiary/aromatic N) is 3. The molecule has 0 radical (unpaired) electrons. The van der Waals surface area contributed by atoms with Crippen LogP contribution in [0.15, 0.2) is 59.5 Å². The predicted molar refractivity (Wildman–Crippen MR) is 107 cm³/mol. The van der Waals surface area contributed by atoms with E-state index >= 15 is 0 Å². The van der Waals surface area contributed by atoms with Crippen LogP contribution in [0.2, 0.25) is 0 Å². The number of hydrazine groups is 1. The maximum Gasteiger partial charge on any atom is 0.269 e. The second-order valence-corrected chi connectivity index (χ2v) is 6.45. The van der Waals surface area contributed by atoms with Crippen LogP contribution in [0.3, 0.4) is 0 Å². The predicted octanol–water partition coefficient (Wildman–Crippen LogP) is 1.31. The van der Waals surface area contributed by atoms with Gasteiger partial charge in [0.15, 0.2) is 0 Å². The first kappa shape index (κ1) is 19.1. The Kier molecular flexibility index (Phi) is 5.69. The zero-order valence-electron chi connectivity index (χ0n) is 15.7. The molecule has 0 saturated carbocycles. The minimum atomic E-state index is -0.399. The molecule has 0 unspecified atom stereocenters. The largest absolute Gasteiger partial charge is 0.378 e. The summed E-state index contributed by atoms with van der Waals surface area (Å²) in [6, 6.07) is 14.2. The number of benzene rings is 2. The number of nitrogens with one attached hydrogen (secondary N) is 2. The molecule has 0 saturated heterocycles. The number of amides is 2. The Bertz CT molecular complexity index is 1070. The normalized spacial score (nSPS) is 10.5. The van der Waals surface area contributed by atoms with Gasteiger partial charge in [0.05, 0.1) is 18.3 Å². The fraction of sp³-hybridized carbons (Fsp3) is 0.200. The summed E-state index contributed by atoms with van der Waals surface area (Å²) < 4.78 is 1.60. The zero-order valence-corrected chi connectivity index (χ0v) is 15.7. The van der Waals surface area contributed by atoms with Gasteiger partial charge >= 0.3 is 0 Å². The Morgan fingerprint density at radius 2 is 1.86 bits per heavy atom. The van der Waals surface area contributed by atoms with Crippen molar-refractivity contribution in [2.24, 2.45) is 0 Å². The molecule has 144 valence electrons. The van der Waals surface area contributed by atoms with E-state index in [0.717, 1.165) is 5.69 Å². The van der Waals surface area contributed by atoms with Gasteiger partial charge < -0.3 is 4.90 Å². The van der Waals surface area contributed by atoms with Crippen LogP contribution in [0.25, 0.3) is 10.9 Å². The van der Waals surface area contributed by atoms with Gasteiger partial charge in [-0.2, -0.15) is 5.10 Å². The molecule has 0 bridgehead atoms. The summed E-state index contributed by atoms with van der Waals surface area (Å²) >= 11 is 0. The first-order valence-electron chi connectivity index (χ1n) is 8.77. The average molecular weight is 379 g/mol. The molecule has 0 aliphatic heterocycles. The van der Waals surface area contributed by atoms with Gasteiger partial charge in [-0.15, -0.1) is 0 Å². The fourth-order valence-corrected chi connectivity index (χ4v) is 2.73. The van der Waals surface area contributed by atoms with Gasteiger partial charge in [-0.05, 0) is 30.3 Å². The third kappa shape index (κ3) is 4.35. The van der Waals surface area contributed by atoms with Crippen molar-refractivity contribution in [2.45, 2.75) is 13.0 Å². The second kappa shape index (κ2) is 8.34. The van der Waals surface area contributed by atoms with Crippen molar-refractivity contribution in [1.29, 1.82) is 0 Å². The molecule has 3 rings (SSSR count). The number of hydrogen-bond acceptors (Lipinski definition) is 5. The average Bonchev–Trinajstić information content (AvgIpc) is 2.71. The van der Waals surface area contributed by atoms with E-state index in [-0.39, 0.29) is 24.3 Å². The van der Waals surface area contributed by atoms with E-state index in [2.05, 4.69) is 16.0 Å². The number of anilines is 1. The number of fused-ring (bicyclic) bond motifs is 1. The molecule has 2 aromatic carbocycles. The van der Waals surface area contributed by atoms with E-state index in [1.165, 1.54) is 6.20 Å². The lowest BCUT2D eigenvalue weighted by Crippen LogP contribution is -2.42. The maximum atomic E-state index is 12.2. The summed E-state index contributed by atoms with van der Waals surface area (Å²) in [5, 5.41) is 4.63. The Labute approximate surface area is 161 Å². The highest BCUT2D eigenvalue weighted by Crippen LogP contribution is 2.13. The Morgan fingerprint density at radius 1 is 1.07 bits per heavy atom. The van der Waals surface area contributed by atoms with Crippen molar-refractivity contribution in [3.63, 3.8) is 0 Å². The van der Waals surface area contributed by atoms with E-state index in [4.69, 9.17) is 0 Å². The monoisotopic (exact) mass is 379 g/mol. The minimum Gasteiger partial charge on any atom is -0.378 e. The van der Waals surface area contributed by atoms with Crippen LogP contribution >= 0.6 is 0 Å². The van der Waals surface area contributed by atoms with Crippen molar-refractivity contribution < 1.29 is 9.59 Å². The summed E-state index contributed by atoms with van der Waals surface area (Å²) in [6.45, 7) is 0.276. The van der Waals surface area contributed by atoms with E-state index in [1.54, 1.807) is 41.1 Å². The molecule has 1 heterocycles. The van der Waals surface area contributed by atoms with Crippen LogP contribution in [0.5, 0.6) is 0 Å². The number of carbonyl (C=O) groups excluding carboxylic acids is 2. The molecule has 2 N–H and O–H groups in total. The van der Waals surface area contributed by atoms with Gasteiger partial charge in [-0.25, -0.2) is 0 Å². The maximum absolute atomic E-state index is 12.2. The molecule has 28 heavy (non-hydrogen) atoms. The van der Waals surface area contributed by atoms with Crippen LogP contribution in [0.4, 0.5) is 5.69 Å². The first-order chi connectivity index (χ1) is 13.5. The number of aryl methyl sites for hydroxylation is 1. The Morgan fingerprint density at radius 3 is 2.64 bits per heavy atom. The van der Waals surface area contributed by atoms with Crippen LogP contribution in [0, 0.1) is 0 Å². The van der Waals surface area contributed by atoms with Crippen molar-refractivity contribution >= 4 is 28.4 Å². The molecule has 2 amide bonds. The van der Waals surface area contributed by atoms with Gasteiger partial charge in [-0.3, -0.25) is 29.9 Å². The lowest BCUT2D eigenvalue weighted by atomic mass is 10.2. The van der Waals surface area contributed by atoms with Crippen LogP contribution in [-0.2, 0) is 11.3 Å². The molecule has 1 aromatic heterocycles. The summed E-state index contributed by atoms with van der Waals surface area (Å²) in [4.78, 5) is 38.0. The van der Waals surface area contributed by atoms with Crippen molar-refractivity contribution in [2.75, 3.05) is 19.0 Å². The lowest BCUT2D eigenvalue weighted by Gasteiger charge is -2.14. The number of aromatic nitrogens is 2. The summed E-state index contributed by atoms with van der Waals surface area (Å²) in [6.07, 6.45) is 1.33. The van der Waals surface area contributed by atoms with Crippen LogP contribution in [-0.4, -0.2) is 35.7 Å². The molecular weight excluding hydrogens is 358 g/mol. The summed E-state index contributed by atoms with van der Waals surface area (Å²) in [5.41, 5.74) is 6.64. The van der Waals surface area contributed by atoms with Gasteiger partial charge in [0, 0.05) is 37.2 Å². The van der Waals surface area contributed by atoms with Crippen molar-refractivity contribution in [3.05, 3.63) is 70.5 Å². The quantitative estimate of drug-likeness (QED) is 0.652. The molecule has 0 spiro atoms. The highest BCUT2D eigenvalue weighted by molar-refractivity contribution is 5.96. The standard InChI is InChI=1S/C20H21N5O3/c1-24(2)15-7-5-6-14(12-15)20(28)23-22-19(27)10-11-25-17-9-4-3-8-16(17)18(26)13-21-25/h3-9,12-13H,10-11H2,1-2H3,(H,22,27)(H,23,28). The fourth-order valence-electron chi connectivity index (χ4n) is 2.73. The topological polar surface area (TPSA) is 96.3 Å². The van der Waals surface area contributed by atoms with Crippen LogP contribution < -0.4 is 21.2 Å². The smallest absolute Gasteiger partial charge is 0.269 e. The number of para-hydroxylation sites is 1. The number of carbonyl (C=O) groups is 2. The number of rotatable bonds is 5. The van der Waals surface area contributed by atoms with Gasteiger partial charge in [0.1, 0.15) is 0 Å². The highest BCUT2D eigenvalue weighted by Gasteiger charge is 2.10. The van der Waals surface area contributed by atoms with E-state index in [9.17, 15) is 14.4 Å². The molecule has 0 aliphatic carbocycles. The molecule has 0 atom stereocenters. The Hall–Kier alpha value is -3.68. The van der Waals surface area contributed by atoms with Gasteiger partial charge in [0.25, 0.3) is 5.91 Å². The summed E-state index contributed by atoms with van der Waals surface area (Å²) in [7, 11) is 3.77. The molecule has 8 nitrogen and oxygen atoms in total. The van der Waals surface area contributed by atoms with Crippen LogP contribution in [0.1, 0.15) is 16.8 Å². The third-order valence-electron chi connectivity index (χ3n) is 4.25. The molecule has 0 fully saturated rings. The third-order valence-corrected chi connectivity index (χ3v) is 4.25. The SMILES string of the molecule is CN(C)c1cccc(C(=O)NNC(=O)CCn2ncc(=O)c3ccccc32)c1. The zero-order chi connectivity index (χ0) is 20.1. The lowest BCUT2D eigenvalue weighted by molar-refractivity contribution is -0.122. The molecular formula is C20H21N5O3. The van der Waals surface area contributed by atoms with E-state index < -0.39 is 5.91 Å². The minimum absolute atomic E-state index is 0.0951. The summed E-state index contributed by atoms with van der Waals surface area (Å²) in [5.74, 6) is -0.759.